The quantitative estimate of drug-likeness (QED) is 0.821. The number of halogens is 3. The van der Waals surface area contributed by atoms with Crippen molar-refractivity contribution in [2.45, 2.75) is 4.90 Å². The van der Waals surface area contributed by atoms with Crippen LogP contribution in [0.25, 0.3) is 0 Å². The van der Waals surface area contributed by atoms with Crippen LogP contribution in [-0.2, 0) is 10.0 Å². The van der Waals surface area contributed by atoms with E-state index in [1.165, 1.54) is 0 Å². The summed E-state index contributed by atoms with van der Waals surface area (Å²) < 4.78 is 39.0. The Morgan fingerprint density at radius 1 is 1.50 bits per heavy atom. The molecule has 8 heteroatoms. The van der Waals surface area contributed by atoms with Crippen LogP contribution >= 0.6 is 27.5 Å². The van der Waals surface area contributed by atoms with Crippen molar-refractivity contribution in [1.29, 1.82) is 0 Å². The monoisotopic (exact) mass is 330 g/mol. The van der Waals surface area contributed by atoms with E-state index < -0.39 is 20.7 Å². The normalized spacial score (nSPS) is 11.8. The fraction of sp³-hybridized carbons (Fsp3) is 0.250. The van der Waals surface area contributed by atoms with Crippen molar-refractivity contribution in [2.75, 3.05) is 13.1 Å². The second-order valence-corrected chi connectivity index (χ2v) is 5.88. The third-order valence-electron chi connectivity index (χ3n) is 1.70. The van der Waals surface area contributed by atoms with Crippen molar-refractivity contribution in [3.05, 3.63) is 27.4 Å². The summed E-state index contributed by atoms with van der Waals surface area (Å²) >= 11 is 8.69. The Hall–Kier alpha value is -0.210. The fourth-order valence-corrected chi connectivity index (χ4v) is 2.66. The Morgan fingerprint density at radius 3 is 2.69 bits per heavy atom. The Kier molecular flexibility index (Phi) is 4.69. The van der Waals surface area contributed by atoms with Gasteiger partial charge in [-0.15, -0.1) is 0 Å². The molecule has 16 heavy (non-hydrogen) atoms. The molecule has 0 spiro atoms. The lowest BCUT2D eigenvalue weighted by Gasteiger charge is -2.07. The van der Waals surface area contributed by atoms with E-state index in [2.05, 4.69) is 20.7 Å². The molecule has 0 heterocycles. The molecular weight excluding hydrogens is 323 g/mol. The van der Waals surface area contributed by atoms with E-state index in [4.69, 9.17) is 17.3 Å². The molecule has 0 bridgehead atoms. The predicted octanol–water partition coefficient (Wildman–Crippen LogP) is 1.48. The van der Waals surface area contributed by atoms with Crippen LogP contribution in [0.4, 0.5) is 4.39 Å². The predicted molar refractivity (Wildman–Crippen MR) is 63.4 cm³/mol. The van der Waals surface area contributed by atoms with Gasteiger partial charge in [-0.25, -0.2) is 17.5 Å². The largest absolute Gasteiger partial charge is 0.329 e. The number of sulfonamides is 1. The highest BCUT2D eigenvalue weighted by Crippen LogP contribution is 2.27. The Labute approximate surface area is 106 Å². The lowest BCUT2D eigenvalue weighted by Crippen LogP contribution is -2.29. The molecule has 0 aliphatic rings. The summed E-state index contributed by atoms with van der Waals surface area (Å²) in [6.45, 7) is 0.167. The van der Waals surface area contributed by atoms with Gasteiger partial charge in [0.25, 0.3) is 0 Å². The number of hydrogen-bond acceptors (Lipinski definition) is 3. The van der Waals surface area contributed by atoms with Crippen molar-refractivity contribution < 1.29 is 12.8 Å². The standard InChI is InChI=1S/C8H9BrClFN2O2S/c9-5-3-7(11)8(4-6(5)10)16(14,15)13-2-1-12/h3-4,13H,1-2,12H2. The molecule has 0 aliphatic heterocycles. The second kappa shape index (κ2) is 5.42. The molecule has 0 fully saturated rings. The minimum Gasteiger partial charge on any atom is -0.329 e. The van der Waals surface area contributed by atoms with Gasteiger partial charge in [0.2, 0.25) is 10.0 Å². The van der Waals surface area contributed by atoms with Crippen molar-refractivity contribution >= 4 is 37.6 Å². The molecule has 1 aromatic rings. The van der Waals surface area contributed by atoms with Gasteiger partial charge in [-0.3, -0.25) is 0 Å². The summed E-state index contributed by atoms with van der Waals surface area (Å²) in [5.74, 6) is -0.874. The highest BCUT2D eigenvalue weighted by molar-refractivity contribution is 9.10. The molecule has 3 N–H and O–H groups in total. The highest BCUT2D eigenvalue weighted by Gasteiger charge is 2.20. The number of rotatable bonds is 4. The van der Waals surface area contributed by atoms with E-state index in [0.29, 0.717) is 4.47 Å². The van der Waals surface area contributed by atoms with E-state index in [-0.39, 0.29) is 18.1 Å². The van der Waals surface area contributed by atoms with Crippen molar-refractivity contribution in [1.82, 2.24) is 4.72 Å². The lowest BCUT2D eigenvalue weighted by molar-refractivity contribution is 0.557. The summed E-state index contributed by atoms with van der Waals surface area (Å²) in [5, 5.41) is 0.120. The van der Waals surface area contributed by atoms with Crippen LogP contribution in [0.2, 0.25) is 5.02 Å². The Bertz CT molecular complexity index is 495. The van der Waals surface area contributed by atoms with Gasteiger partial charge < -0.3 is 5.73 Å². The van der Waals surface area contributed by atoms with Crippen LogP contribution < -0.4 is 10.5 Å². The first kappa shape index (κ1) is 13.9. The zero-order chi connectivity index (χ0) is 12.3. The average molecular weight is 332 g/mol. The molecule has 0 aliphatic carbocycles. The van der Waals surface area contributed by atoms with Gasteiger partial charge >= 0.3 is 0 Å². The van der Waals surface area contributed by atoms with Crippen LogP contribution in [0.15, 0.2) is 21.5 Å². The molecule has 1 aromatic carbocycles. The fourth-order valence-electron chi connectivity index (χ4n) is 0.981. The number of nitrogens with two attached hydrogens (primary N) is 1. The lowest BCUT2D eigenvalue weighted by atomic mass is 10.3. The number of benzene rings is 1. The van der Waals surface area contributed by atoms with Crippen molar-refractivity contribution in [3.63, 3.8) is 0 Å². The zero-order valence-corrected chi connectivity index (χ0v) is 11.2. The smallest absolute Gasteiger partial charge is 0.243 e. The first-order valence-corrected chi connectivity index (χ1v) is 6.88. The topological polar surface area (TPSA) is 72.2 Å². The first-order chi connectivity index (χ1) is 7.38. The third kappa shape index (κ3) is 3.14. The van der Waals surface area contributed by atoms with Crippen LogP contribution in [0.5, 0.6) is 0 Å². The maximum atomic E-state index is 13.4. The van der Waals surface area contributed by atoms with Gasteiger partial charge in [0.15, 0.2) is 0 Å². The van der Waals surface area contributed by atoms with Gasteiger partial charge in [0, 0.05) is 17.6 Å². The molecule has 90 valence electrons. The second-order valence-electron chi connectivity index (χ2n) is 2.88. The van der Waals surface area contributed by atoms with E-state index in [1.807, 2.05) is 0 Å². The van der Waals surface area contributed by atoms with Crippen LogP contribution in [0.3, 0.4) is 0 Å². The van der Waals surface area contributed by atoms with Gasteiger partial charge in [-0.1, -0.05) is 11.6 Å². The summed E-state index contributed by atoms with van der Waals surface area (Å²) in [4.78, 5) is -0.492. The summed E-state index contributed by atoms with van der Waals surface area (Å²) in [5.41, 5.74) is 5.15. The minimum atomic E-state index is -3.90. The maximum Gasteiger partial charge on any atom is 0.243 e. The SMILES string of the molecule is NCCNS(=O)(=O)c1cc(Cl)c(Br)cc1F. The van der Waals surface area contributed by atoms with E-state index in [0.717, 1.165) is 12.1 Å². The maximum absolute atomic E-state index is 13.4. The summed E-state index contributed by atoms with van der Waals surface area (Å²) in [6.07, 6.45) is 0. The summed E-state index contributed by atoms with van der Waals surface area (Å²) in [6, 6.07) is 2.04. The van der Waals surface area contributed by atoms with Crippen molar-refractivity contribution in [2.24, 2.45) is 5.73 Å². The molecule has 1 rings (SSSR count). The Balaban J connectivity index is 3.18. The van der Waals surface area contributed by atoms with Crippen LogP contribution in [0, 0.1) is 5.82 Å². The van der Waals surface area contributed by atoms with Gasteiger partial charge in [0.05, 0.1) is 5.02 Å². The van der Waals surface area contributed by atoms with E-state index in [1.54, 1.807) is 0 Å². The average Bonchev–Trinajstić information content (AvgIpc) is 2.20. The molecule has 0 aromatic heterocycles. The zero-order valence-electron chi connectivity index (χ0n) is 8.00. The molecule has 0 atom stereocenters. The Morgan fingerprint density at radius 2 is 2.12 bits per heavy atom. The van der Waals surface area contributed by atoms with E-state index in [9.17, 15) is 12.8 Å². The summed E-state index contributed by atoms with van der Waals surface area (Å²) in [7, 11) is -3.90. The van der Waals surface area contributed by atoms with Crippen molar-refractivity contribution in [3.8, 4) is 0 Å². The highest BCUT2D eigenvalue weighted by atomic mass is 79.9. The van der Waals surface area contributed by atoms with E-state index >= 15 is 0 Å². The molecule has 0 saturated heterocycles. The van der Waals surface area contributed by atoms with Gasteiger partial charge in [-0.05, 0) is 28.1 Å². The van der Waals surface area contributed by atoms with Gasteiger partial charge in [-0.2, -0.15) is 0 Å². The van der Waals surface area contributed by atoms with Crippen LogP contribution in [0.1, 0.15) is 0 Å². The third-order valence-corrected chi connectivity index (χ3v) is 4.37. The molecule has 4 nitrogen and oxygen atoms in total. The van der Waals surface area contributed by atoms with Crippen LogP contribution in [-0.4, -0.2) is 21.5 Å². The molecular formula is C8H9BrClFN2O2S. The molecule has 0 unspecified atom stereocenters. The number of hydrogen-bond donors (Lipinski definition) is 2. The number of nitrogens with one attached hydrogen (secondary N) is 1. The molecule has 0 saturated carbocycles. The minimum absolute atomic E-state index is 0.0372. The molecule has 0 amide bonds. The van der Waals surface area contributed by atoms with Gasteiger partial charge in [0.1, 0.15) is 10.7 Å². The molecule has 0 radical (unpaired) electrons. The first-order valence-electron chi connectivity index (χ1n) is 4.23.